The van der Waals surface area contributed by atoms with E-state index in [4.69, 9.17) is 20.6 Å². The molecule has 0 saturated heterocycles. The number of aliphatic carboxylic acids is 1. The molecule has 0 radical (unpaired) electrons. The van der Waals surface area contributed by atoms with Gasteiger partial charge in [0.2, 0.25) is 0 Å². The summed E-state index contributed by atoms with van der Waals surface area (Å²) in [6.07, 6.45) is -0.465. The topological polar surface area (TPSA) is 121 Å². The van der Waals surface area contributed by atoms with Crippen LogP contribution in [0.15, 0.2) is 48.5 Å². The van der Waals surface area contributed by atoms with Crippen molar-refractivity contribution in [3.8, 4) is 11.1 Å². The largest absolute Gasteiger partial charge is 0.480 e. The van der Waals surface area contributed by atoms with Gasteiger partial charge in [0.25, 0.3) is 0 Å². The Bertz CT molecular complexity index is 726. The van der Waals surface area contributed by atoms with E-state index in [1.807, 2.05) is 30.3 Å². The SMILES string of the molecule is NC(C(=O)O)c1cc(CP(=O)(O)O)cc(-c2ccccc2)c1. The van der Waals surface area contributed by atoms with E-state index in [1.165, 1.54) is 6.07 Å². The molecule has 7 heteroatoms. The smallest absolute Gasteiger partial charge is 0.329 e. The van der Waals surface area contributed by atoms with Crippen LogP contribution in [0, 0.1) is 0 Å². The standard InChI is InChI=1S/C15H16NO5P/c16-14(15(17)18)13-7-10(9-22(19,20)21)6-12(8-13)11-4-2-1-3-5-11/h1-8,14H,9,16H2,(H,17,18)(H2,19,20,21). The Kier molecular flexibility index (Phi) is 4.78. The molecule has 116 valence electrons. The molecule has 0 bridgehead atoms. The van der Waals surface area contributed by atoms with Gasteiger partial charge < -0.3 is 20.6 Å². The molecule has 0 spiro atoms. The molecule has 0 amide bonds. The van der Waals surface area contributed by atoms with Crippen molar-refractivity contribution >= 4 is 13.6 Å². The Labute approximate surface area is 127 Å². The molecule has 0 aliphatic carbocycles. The molecule has 0 heterocycles. The van der Waals surface area contributed by atoms with Crippen LogP contribution >= 0.6 is 7.60 Å². The third-order valence-electron chi connectivity index (χ3n) is 3.14. The molecular formula is C15H16NO5P. The minimum absolute atomic E-state index is 0.303. The summed E-state index contributed by atoms with van der Waals surface area (Å²) in [4.78, 5) is 29.3. The lowest BCUT2D eigenvalue weighted by atomic mass is 9.97. The maximum absolute atomic E-state index is 11.2. The molecule has 22 heavy (non-hydrogen) atoms. The number of rotatable bonds is 5. The Hall–Kier alpha value is -1.98. The fraction of sp³-hybridized carbons (Fsp3) is 0.133. The van der Waals surface area contributed by atoms with Crippen molar-refractivity contribution in [2.24, 2.45) is 5.73 Å². The fourth-order valence-electron chi connectivity index (χ4n) is 2.17. The Morgan fingerprint density at radius 3 is 2.27 bits per heavy atom. The van der Waals surface area contributed by atoms with E-state index in [2.05, 4.69) is 0 Å². The van der Waals surface area contributed by atoms with E-state index < -0.39 is 25.8 Å². The Morgan fingerprint density at radius 2 is 1.73 bits per heavy atom. The van der Waals surface area contributed by atoms with Crippen LogP contribution in [0.5, 0.6) is 0 Å². The first-order valence-corrected chi connectivity index (χ1v) is 8.28. The van der Waals surface area contributed by atoms with E-state index in [0.29, 0.717) is 16.7 Å². The average molecular weight is 321 g/mol. The minimum Gasteiger partial charge on any atom is -0.480 e. The molecule has 0 fully saturated rings. The van der Waals surface area contributed by atoms with Crippen LogP contribution in [0.3, 0.4) is 0 Å². The van der Waals surface area contributed by atoms with Crippen molar-refractivity contribution < 1.29 is 24.3 Å². The van der Waals surface area contributed by atoms with Crippen molar-refractivity contribution in [1.29, 1.82) is 0 Å². The quantitative estimate of drug-likeness (QED) is 0.626. The monoisotopic (exact) mass is 321 g/mol. The van der Waals surface area contributed by atoms with Gasteiger partial charge >= 0.3 is 13.6 Å². The molecule has 0 aliphatic heterocycles. The third-order valence-corrected chi connectivity index (χ3v) is 3.91. The second-order valence-electron chi connectivity index (χ2n) is 4.97. The molecule has 5 N–H and O–H groups in total. The highest BCUT2D eigenvalue weighted by Gasteiger charge is 2.19. The second-order valence-corrected chi connectivity index (χ2v) is 6.61. The molecule has 1 atom stereocenters. The lowest BCUT2D eigenvalue weighted by Gasteiger charge is -2.13. The first kappa shape index (κ1) is 16.4. The van der Waals surface area contributed by atoms with Crippen molar-refractivity contribution in [3.63, 3.8) is 0 Å². The number of carboxylic acids is 1. The maximum atomic E-state index is 11.2. The number of benzene rings is 2. The molecule has 0 aromatic heterocycles. The van der Waals surface area contributed by atoms with E-state index in [-0.39, 0.29) is 0 Å². The van der Waals surface area contributed by atoms with E-state index in [1.54, 1.807) is 12.1 Å². The number of carbonyl (C=O) groups is 1. The normalized spacial score (nSPS) is 12.9. The summed E-state index contributed by atoms with van der Waals surface area (Å²) < 4.78 is 11.2. The highest BCUT2D eigenvalue weighted by Crippen LogP contribution is 2.40. The fourth-order valence-corrected chi connectivity index (χ4v) is 2.83. The zero-order valence-corrected chi connectivity index (χ0v) is 12.5. The summed E-state index contributed by atoms with van der Waals surface area (Å²) >= 11 is 0. The van der Waals surface area contributed by atoms with Gasteiger partial charge in [-0.05, 0) is 28.3 Å². The van der Waals surface area contributed by atoms with Gasteiger partial charge in [-0.1, -0.05) is 42.5 Å². The van der Waals surface area contributed by atoms with E-state index in [9.17, 15) is 9.36 Å². The molecular weight excluding hydrogens is 305 g/mol. The van der Waals surface area contributed by atoms with Crippen molar-refractivity contribution in [2.75, 3.05) is 0 Å². The minimum atomic E-state index is -4.26. The number of nitrogens with two attached hydrogens (primary N) is 1. The van der Waals surface area contributed by atoms with Gasteiger partial charge in [-0.25, -0.2) is 0 Å². The van der Waals surface area contributed by atoms with Crippen molar-refractivity contribution in [2.45, 2.75) is 12.2 Å². The van der Waals surface area contributed by atoms with Crippen LogP contribution in [-0.2, 0) is 15.5 Å². The first-order valence-electron chi connectivity index (χ1n) is 6.48. The number of hydrogen-bond acceptors (Lipinski definition) is 3. The molecule has 2 aromatic rings. The predicted octanol–water partition coefficient (Wildman–Crippen LogP) is 2.12. The van der Waals surface area contributed by atoms with Crippen LogP contribution in [0.25, 0.3) is 11.1 Å². The lowest BCUT2D eigenvalue weighted by molar-refractivity contribution is -0.138. The van der Waals surface area contributed by atoms with Gasteiger partial charge in [0.1, 0.15) is 6.04 Å². The zero-order chi connectivity index (χ0) is 16.3. The number of carboxylic acid groups (broad SMARTS) is 1. The van der Waals surface area contributed by atoms with Gasteiger partial charge in [0.15, 0.2) is 0 Å². The van der Waals surface area contributed by atoms with E-state index in [0.717, 1.165) is 5.56 Å². The van der Waals surface area contributed by atoms with Gasteiger partial charge in [0, 0.05) is 0 Å². The van der Waals surface area contributed by atoms with Gasteiger partial charge in [-0.15, -0.1) is 0 Å². The second kappa shape index (κ2) is 6.42. The summed E-state index contributed by atoms with van der Waals surface area (Å²) in [7, 11) is -4.26. The van der Waals surface area contributed by atoms with Crippen molar-refractivity contribution in [1.82, 2.24) is 0 Å². The zero-order valence-electron chi connectivity index (χ0n) is 11.6. The van der Waals surface area contributed by atoms with Gasteiger partial charge in [-0.2, -0.15) is 0 Å². The van der Waals surface area contributed by atoms with Crippen LogP contribution in [-0.4, -0.2) is 20.9 Å². The van der Waals surface area contributed by atoms with Gasteiger partial charge in [-0.3, -0.25) is 9.36 Å². The van der Waals surface area contributed by atoms with Crippen molar-refractivity contribution in [3.05, 3.63) is 59.7 Å². The molecule has 0 aliphatic rings. The molecule has 1 unspecified atom stereocenters. The van der Waals surface area contributed by atoms with Crippen LogP contribution < -0.4 is 5.73 Å². The summed E-state index contributed by atoms with van der Waals surface area (Å²) in [5, 5.41) is 9.04. The summed E-state index contributed by atoms with van der Waals surface area (Å²) in [5.74, 6) is -1.20. The van der Waals surface area contributed by atoms with Crippen LogP contribution in [0.2, 0.25) is 0 Å². The van der Waals surface area contributed by atoms with Gasteiger partial charge in [0.05, 0.1) is 6.16 Å². The highest BCUT2D eigenvalue weighted by molar-refractivity contribution is 7.50. The Morgan fingerprint density at radius 1 is 1.09 bits per heavy atom. The molecule has 2 aromatic carbocycles. The molecule has 6 nitrogen and oxygen atoms in total. The summed E-state index contributed by atoms with van der Waals surface area (Å²) in [6.45, 7) is 0. The first-order chi connectivity index (χ1) is 10.3. The average Bonchev–Trinajstić information content (AvgIpc) is 2.45. The summed E-state index contributed by atoms with van der Waals surface area (Å²) in [6, 6.07) is 12.6. The van der Waals surface area contributed by atoms with Crippen LogP contribution in [0.1, 0.15) is 17.2 Å². The van der Waals surface area contributed by atoms with E-state index >= 15 is 0 Å². The highest BCUT2D eigenvalue weighted by atomic mass is 31.2. The Balaban J connectivity index is 2.54. The molecule has 2 rings (SSSR count). The maximum Gasteiger partial charge on any atom is 0.329 e. The summed E-state index contributed by atoms with van der Waals surface area (Å²) in [5.41, 5.74) is 7.75. The third kappa shape index (κ3) is 4.26. The molecule has 0 saturated carbocycles. The number of hydrogen-bond donors (Lipinski definition) is 4. The van der Waals surface area contributed by atoms with Crippen LogP contribution in [0.4, 0.5) is 0 Å². The lowest BCUT2D eigenvalue weighted by Crippen LogP contribution is -2.20. The predicted molar refractivity (Wildman–Crippen MR) is 82.2 cm³/mol.